The molecule has 138 valence electrons. The van der Waals surface area contributed by atoms with E-state index in [1.165, 1.54) is 18.3 Å². The number of esters is 1. The van der Waals surface area contributed by atoms with Crippen LogP contribution in [0, 0.1) is 19.8 Å². The normalized spacial score (nSPS) is 11.9. The Hall–Kier alpha value is -2.54. The fraction of sp³-hybridized carbons (Fsp3) is 0.368. The number of thiazole rings is 1. The molecule has 0 unspecified atom stereocenters. The van der Waals surface area contributed by atoms with E-state index in [9.17, 15) is 14.4 Å². The summed E-state index contributed by atoms with van der Waals surface area (Å²) >= 11 is 1.24. The summed E-state index contributed by atoms with van der Waals surface area (Å²) in [6, 6.07) is 6.51. The second kappa shape index (κ2) is 8.23. The van der Waals surface area contributed by atoms with Crippen LogP contribution in [0.15, 0.2) is 24.3 Å². The number of carbonyl (C=O) groups excluding carboxylic acids is 3. The first-order valence-corrected chi connectivity index (χ1v) is 9.10. The maximum absolute atomic E-state index is 12.5. The summed E-state index contributed by atoms with van der Waals surface area (Å²) in [5.74, 6) is -1.08. The highest BCUT2D eigenvalue weighted by Gasteiger charge is 2.23. The average molecular weight is 374 g/mol. The van der Waals surface area contributed by atoms with Gasteiger partial charge in [-0.15, -0.1) is 11.3 Å². The third-order valence-corrected chi connectivity index (χ3v) is 4.76. The molecule has 1 N–H and O–H groups in total. The smallest absolute Gasteiger partial charge is 0.350 e. The Morgan fingerprint density at radius 1 is 1.08 bits per heavy atom. The molecule has 0 saturated carbocycles. The van der Waals surface area contributed by atoms with Gasteiger partial charge in [0.1, 0.15) is 4.88 Å². The van der Waals surface area contributed by atoms with Crippen molar-refractivity contribution in [3.05, 3.63) is 45.4 Å². The molecule has 1 atom stereocenters. The number of anilines is 1. The highest BCUT2D eigenvalue weighted by Crippen LogP contribution is 2.20. The third-order valence-electron chi connectivity index (χ3n) is 3.70. The number of amides is 1. The van der Waals surface area contributed by atoms with E-state index in [1.807, 2.05) is 6.92 Å². The van der Waals surface area contributed by atoms with E-state index < -0.39 is 12.1 Å². The molecule has 1 heterocycles. The zero-order valence-electron chi connectivity index (χ0n) is 15.5. The lowest BCUT2D eigenvalue weighted by Crippen LogP contribution is -2.24. The van der Waals surface area contributed by atoms with Gasteiger partial charge in [0.25, 0.3) is 0 Å². The fourth-order valence-electron chi connectivity index (χ4n) is 2.23. The van der Waals surface area contributed by atoms with Crippen LogP contribution < -0.4 is 5.32 Å². The first kappa shape index (κ1) is 19.8. The molecule has 0 spiro atoms. The van der Waals surface area contributed by atoms with Gasteiger partial charge >= 0.3 is 5.97 Å². The van der Waals surface area contributed by atoms with Crippen molar-refractivity contribution in [3.63, 3.8) is 0 Å². The van der Waals surface area contributed by atoms with Crippen LogP contribution in [0.2, 0.25) is 0 Å². The van der Waals surface area contributed by atoms with Crippen LogP contribution in [0.5, 0.6) is 0 Å². The molecule has 0 aliphatic carbocycles. The first-order valence-electron chi connectivity index (χ1n) is 8.29. The number of aryl methyl sites for hydroxylation is 2. The molecule has 6 nitrogen and oxygen atoms in total. The molecular weight excluding hydrogens is 352 g/mol. The van der Waals surface area contributed by atoms with Crippen molar-refractivity contribution in [1.29, 1.82) is 0 Å². The Balaban J connectivity index is 2.02. The summed E-state index contributed by atoms with van der Waals surface area (Å²) in [4.78, 5) is 41.0. The molecule has 0 fully saturated rings. The number of nitrogens with zero attached hydrogens (tertiary/aromatic N) is 1. The van der Waals surface area contributed by atoms with E-state index in [2.05, 4.69) is 10.3 Å². The van der Waals surface area contributed by atoms with Crippen molar-refractivity contribution in [3.8, 4) is 0 Å². The number of ketones is 1. The van der Waals surface area contributed by atoms with Gasteiger partial charge in [0.2, 0.25) is 11.7 Å². The predicted octanol–water partition coefficient (Wildman–Crippen LogP) is 3.78. The predicted molar refractivity (Wildman–Crippen MR) is 101 cm³/mol. The SMILES string of the molecule is Cc1nc(C)c(C(=O)O[C@@H](C)C(=O)c2ccc(NC(=O)C(C)C)cc2)s1. The summed E-state index contributed by atoms with van der Waals surface area (Å²) in [6.45, 7) is 8.68. The molecule has 26 heavy (non-hydrogen) atoms. The second-order valence-corrected chi connectivity index (χ2v) is 7.48. The monoisotopic (exact) mass is 374 g/mol. The largest absolute Gasteiger partial charge is 0.450 e. The topological polar surface area (TPSA) is 85.4 Å². The molecule has 0 bridgehead atoms. The van der Waals surface area contributed by atoms with Gasteiger partial charge in [0.15, 0.2) is 6.10 Å². The van der Waals surface area contributed by atoms with Crippen molar-refractivity contribution in [2.75, 3.05) is 5.32 Å². The van der Waals surface area contributed by atoms with Gasteiger partial charge in [-0.3, -0.25) is 9.59 Å². The summed E-state index contributed by atoms with van der Waals surface area (Å²) in [6.07, 6.45) is -0.916. The van der Waals surface area contributed by atoms with E-state index in [0.29, 0.717) is 21.8 Å². The summed E-state index contributed by atoms with van der Waals surface area (Å²) in [5, 5.41) is 3.53. The summed E-state index contributed by atoms with van der Waals surface area (Å²) in [5.41, 5.74) is 1.62. The van der Waals surface area contributed by atoms with E-state index in [4.69, 9.17) is 4.74 Å². The Bertz CT molecular complexity index is 825. The molecule has 0 radical (unpaired) electrons. The molecule has 7 heteroatoms. The molecule has 1 aromatic heterocycles. The minimum atomic E-state index is -0.916. The van der Waals surface area contributed by atoms with E-state index in [0.717, 1.165) is 5.01 Å². The van der Waals surface area contributed by atoms with E-state index in [1.54, 1.807) is 45.0 Å². The van der Waals surface area contributed by atoms with E-state index >= 15 is 0 Å². The van der Waals surface area contributed by atoms with Crippen molar-refractivity contribution >= 4 is 34.7 Å². The van der Waals surface area contributed by atoms with Crippen molar-refractivity contribution in [2.24, 2.45) is 5.92 Å². The zero-order chi connectivity index (χ0) is 19.4. The molecule has 2 rings (SSSR count). The maximum Gasteiger partial charge on any atom is 0.350 e. The minimum absolute atomic E-state index is 0.0957. The van der Waals surface area contributed by atoms with Crippen LogP contribution in [-0.4, -0.2) is 28.7 Å². The highest BCUT2D eigenvalue weighted by molar-refractivity contribution is 7.13. The molecule has 0 saturated heterocycles. The number of ether oxygens (including phenoxy) is 1. The molecular formula is C19H22N2O4S. The fourth-order valence-corrected chi connectivity index (χ4v) is 3.03. The lowest BCUT2D eigenvalue weighted by molar-refractivity contribution is -0.118. The number of rotatable bonds is 6. The van der Waals surface area contributed by atoms with Crippen LogP contribution in [0.3, 0.4) is 0 Å². The van der Waals surface area contributed by atoms with Gasteiger partial charge in [0.05, 0.1) is 10.7 Å². The molecule has 0 aliphatic heterocycles. The lowest BCUT2D eigenvalue weighted by Gasteiger charge is -2.13. The molecule has 0 aliphatic rings. The number of benzene rings is 1. The molecule has 1 amide bonds. The maximum atomic E-state index is 12.5. The Kier molecular flexibility index (Phi) is 6.26. The Labute approximate surface area is 156 Å². The average Bonchev–Trinajstić information content (AvgIpc) is 2.93. The van der Waals surface area contributed by atoms with Crippen molar-refractivity contribution < 1.29 is 19.1 Å². The van der Waals surface area contributed by atoms with E-state index in [-0.39, 0.29) is 17.6 Å². The van der Waals surface area contributed by atoms with Crippen LogP contribution in [0.1, 0.15) is 51.5 Å². The van der Waals surface area contributed by atoms with Crippen LogP contribution in [0.4, 0.5) is 5.69 Å². The van der Waals surface area contributed by atoms with Gasteiger partial charge in [-0.2, -0.15) is 0 Å². The summed E-state index contributed by atoms with van der Waals surface area (Å²) in [7, 11) is 0. The zero-order valence-corrected chi connectivity index (χ0v) is 16.3. The van der Waals surface area contributed by atoms with Crippen molar-refractivity contribution in [1.82, 2.24) is 4.98 Å². The number of carbonyl (C=O) groups is 3. The Morgan fingerprint density at radius 2 is 1.69 bits per heavy atom. The summed E-state index contributed by atoms with van der Waals surface area (Å²) < 4.78 is 5.29. The van der Waals surface area contributed by atoms with Gasteiger partial charge in [-0.1, -0.05) is 13.8 Å². The number of Topliss-reactive ketones (excluding diaryl/α,β-unsaturated/α-hetero) is 1. The van der Waals surface area contributed by atoms with Crippen LogP contribution >= 0.6 is 11.3 Å². The van der Waals surface area contributed by atoms with Crippen LogP contribution in [0.25, 0.3) is 0 Å². The minimum Gasteiger partial charge on any atom is -0.450 e. The second-order valence-electron chi connectivity index (χ2n) is 6.28. The highest BCUT2D eigenvalue weighted by atomic mass is 32.1. The lowest BCUT2D eigenvalue weighted by atomic mass is 10.1. The standard InChI is InChI=1S/C19H22N2O4S/c1-10(2)18(23)21-15-8-6-14(7-9-15)16(22)12(4)25-19(24)17-11(3)20-13(5)26-17/h6-10,12H,1-5H3,(H,21,23)/t12-/m0/s1. The van der Waals surface area contributed by atoms with Crippen molar-refractivity contribution in [2.45, 2.75) is 40.7 Å². The van der Waals surface area contributed by atoms with Gasteiger partial charge in [-0.05, 0) is 45.0 Å². The first-order chi connectivity index (χ1) is 12.2. The van der Waals surface area contributed by atoms with Gasteiger partial charge < -0.3 is 10.1 Å². The number of nitrogens with one attached hydrogen (secondary N) is 1. The quantitative estimate of drug-likeness (QED) is 0.614. The third kappa shape index (κ3) is 4.76. The number of hydrogen-bond acceptors (Lipinski definition) is 6. The number of hydrogen-bond donors (Lipinski definition) is 1. The molecule has 2 aromatic rings. The van der Waals surface area contributed by atoms with Crippen LogP contribution in [-0.2, 0) is 9.53 Å². The molecule has 1 aromatic carbocycles. The number of aromatic nitrogens is 1. The van der Waals surface area contributed by atoms with Gasteiger partial charge in [-0.25, -0.2) is 9.78 Å². The van der Waals surface area contributed by atoms with Gasteiger partial charge in [0, 0.05) is 17.2 Å². The Morgan fingerprint density at radius 3 is 2.19 bits per heavy atom.